The van der Waals surface area contributed by atoms with Crippen molar-refractivity contribution in [2.24, 2.45) is 0 Å². The standard InChI is InChI=1S/C28H38N2/c1-19(2)21-6-9-26-24(12-21)16-30(18-28(26)10-11-28)15-20(3)22-7-8-25-23(13-22)14-29-17-27(25,4)5/h6-9,12-13,19-20,29H,10-11,14-18H2,1-5H3. The fourth-order valence-corrected chi connectivity index (χ4v) is 5.96. The summed E-state index contributed by atoms with van der Waals surface area (Å²) in [5, 5.41) is 3.61. The molecule has 2 aliphatic heterocycles. The monoisotopic (exact) mass is 402 g/mol. The van der Waals surface area contributed by atoms with Gasteiger partial charge in [0, 0.05) is 43.6 Å². The summed E-state index contributed by atoms with van der Waals surface area (Å²) in [5.74, 6) is 1.17. The van der Waals surface area contributed by atoms with Gasteiger partial charge in [-0.05, 0) is 58.1 Å². The Bertz CT molecular complexity index is 951. The third-order valence-electron chi connectivity index (χ3n) is 7.98. The van der Waals surface area contributed by atoms with Crippen LogP contribution in [-0.2, 0) is 23.9 Å². The summed E-state index contributed by atoms with van der Waals surface area (Å²) in [5.41, 5.74) is 9.95. The van der Waals surface area contributed by atoms with E-state index in [0.29, 0.717) is 17.3 Å². The van der Waals surface area contributed by atoms with Crippen LogP contribution in [0, 0.1) is 0 Å². The molecule has 0 amide bonds. The molecule has 1 fully saturated rings. The maximum atomic E-state index is 3.61. The van der Waals surface area contributed by atoms with Crippen molar-refractivity contribution in [3.63, 3.8) is 0 Å². The van der Waals surface area contributed by atoms with E-state index in [9.17, 15) is 0 Å². The van der Waals surface area contributed by atoms with Gasteiger partial charge in [0.1, 0.15) is 0 Å². The lowest BCUT2D eigenvalue weighted by Crippen LogP contribution is -2.40. The van der Waals surface area contributed by atoms with Crippen LogP contribution in [0.1, 0.15) is 92.7 Å². The molecule has 1 atom stereocenters. The lowest BCUT2D eigenvalue weighted by Gasteiger charge is -2.37. The molecule has 1 unspecified atom stereocenters. The van der Waals surface area contributed by atoms with Crippen LogP contribution >= 0.6 is 0 Å². The number of hydrogen-bond acceptors (Lipinski definition) is 2. The summed E-state index contributed by atoms with van der Waals surface area (Å²) in [4.78, 5) is 2.74. The number of benzene rings is 2. The molecule has 1 aliphatic carbocycles. The van der Waals surface area contributed by atoms with E-state index in [1.54, 1.807) is 11.1 Å². The van der Waals surface area contributed by atoms with Gasteiger partial charge in [0.2, 0.25) is 0 Å². The Hall–Kier alpha value is -1.64. The summed E-state index contributed by atoms with van der Waals surface area (Å²) in [6.07, 6.45) is 2.73. The predicted octanol–water partition coefficient (Wildman–Crippen LogP) is 5.84. The van der Waals surface area contributed by atoms with Gasteiger partial charge < -0.3 is 5.32 Å². The molecular formula is C28H38N2. The van der Waals surface area contributed by atoms with E-state index in [4.69, 9.17) is 0 Å². The molecule has 2 aromatic rings. The third kappa shape index (κ3) is 3.52. The van der Waals surface area contributed by atoms with Crippen LogP contribution in [0.4, 0.5) is 0 Å². The van der Waals surface area contributed by atoms with Gasteiger partial charge in [0.05, 0.1) is 0 Å². The molecule has 2 aromatic carbocycles. The second-order valence-corrected chi connectivity index (χ2v) is 11.3. The van der Waals surface area contributed by atoms with Crippen molar-refractivity contribution >= 4 is 0 Å². The van der Waals surface area contributed by atoms with Crippen LogP contribution < -0.4 is 5.32 Å². The normalized spacial score (nSPS) is 22.6. The first-order valence-electron chi connectivity index (χ1n) is 12.0. The molecule has 0 radical (unpaired) electrons. The number of hydrogen-bond donors (Lipinski definition) is 1. The van der Waals surface area contributed by atoms with E-state index < -0.39 is 0 Å². The van der Waals surface area contributed by atoms with Crippen LogP contribution in [0.25, 0.3) is 0 Å². The van der Waals surface area contributed by atoms with Crippen LogP contribution in [-0.4, -0.2) is 24.5 Å². The molecule has 0 aromatic heterocycles. The maximum Gasteiger partial charge on any atom is 0.0237 e. The third-order valence-corrected chi connectivity index (χ3v) is 7.98. The number of rotatable bonds is 4. The van der Waals surface area contributed by atoms with Crippen molar-refractivity contribution in [3.05, 3.63) is 69.8 Å². The molecule has 5 rings (SSSR count). The van der Waals surface area contributed by atoms with E-state index in [0.717, 1.165) is 26.2 Å². The highest BCUT2D eigenvalue weighted by Gasteiger charge is 2.49. The van der Waals surface area contributed by atoms with Gasteiger partial charge in [-0.1, -0.05) is 71.0 Å². The van der Waals surface area contributed by atoms with Gasteiger partial charge >= 0.3 is 0 Å². The molecule has 160 valence electrons. The summed E-state index contributed by atoms with van der Waals surface area (Å²) >= 11 is 0. The molecule has 30 heavy (non-hydrogen) atoms. The van der Waals surface area contributed by atoms with E-state index in [1.165, 1.54) is 41.6 Å². The van der Waals surface area contributed by atoms with Crippen molar-refractivity contribution in [2.45, 2.75) is 83.2 Å². The maximum absolute atomic E-state index is 3.61. The molecule has 0 saturated heterocycles. The van der Waals surface area contributed by atoms with Crippen LogP contribution in [0.5, 0.6) is 0 Å². The Morgan fingerprint density at radius 1 is 0.933 bits per heavy atom. The van der Waals surface area contributed by atoms with Crippen LogP contribution in [0.2, 0.25) is 0 Å². The Labute approximate surface area is 183 Å². The Kier molecular flexibility index (Phi) is 4.87. The Morgan fingerprint density at radius 3 is 2.37 bits per heavy atom. The second kappa shape index (κ2) is 7.21. The summed E-state index contributed by atoms with van der Waals surface area (Å²) in [6.45, 7) is 17.3. The minimum atomic E-state index is 0.235. The smallest absolute Gasteiger partial charge is 0.0237 e. The van der Waals surface area contributed by atoms with Gasteiger partial charge in [-0.3, -0.25) is 4.90 Å². The quantitative estimate of drug-likeness (QED) is 0.691. The van der Waals surface area contributed by atoms with Crippen LogP contribution in [0.15, 0.2) is 36.4 Å². The molecule has 2 heterocycles. The van der Waals surface area contributed by atoms with Crippen molar-refractivity contribution in [2.75, 3.05) is 19.6 Å². The topological polar surface area (TPSA) is 15.3 Å². The number of nitrogens with zero attached hydrogens (tertiary/aromatic N) is 1. The Balaban J connectivity index is 1.36. The molecule has 2 heteroatoms. The van der Waals surface area contributed by atoms with E-state index in [-0.39, 0.29) is 5.41 Å². The summed E-state index contributed by atoms with van der Waals surface area (Å²) in [6, 6.07) is 14.6. The fraction of sp³-hybridized carbons (Fsp3) is 0.571. The largest absolute Gasteiger partial charge is 0.312 e. The minimum absolute atomic E-state index is 0.235. The molecule has 1 saturated carbocycles. The Morgan fingerprint density at radius 2 is 1.63 bits per heavy atom. The highest BCUT2D eigenvalue weighted by molar-refractivity contribution is 5.44. The zero-order chi connectivity index (χ0) is 21.1. The van der Waals surface area contributed by atoms with Gasteiger partial charge in [-0.2, -0.15) is 0 Å². The van der Waals surface area contributed by atoms with Gasteiger partial charge in [-0.15, -0.1) is 0 Å². The number of fused-ring (bicyclic) bond motifs is 3. The lowest BCUT2D eigenvalue weighted by atomic mass is 9.78. The molecule has 1 spiro atoms. The van der Waals surface area contributed by atoms with Gasteiger partial charge in [0.15, 0.2) is 0 Å². The molecule has 0 bridgehead atoms. The first-order chi connectivity index (χ1) is 14.3. The highest BCUT2D eigenvalue weighted by Crippen LogP contribution is 2.52. The number of nitrogens with one attached hydrogen (secondary N) is 1. The lowest BCUT2D eigenvalue weighted by molar-refractivity contribution is 0.211. The first-order valence-corrected chi connectivity index (χ1v) is 12.0. The molecule has 2 nitrogen and oxygen atoms in total. The summed E-state index contributed by atoms with van der Waals surface area (Å²) in [7, 11) is 0. The van der Waals surface area contributed by atoms with Crippen molar-refractivity contribution in [1.29, 1.82) is 0 Å². The van der Waals surface area contributed by atoms with E-state index in [1.807, 2.05) is 0 Å². The van der Waals surface area contributed by atoms with Gasteiger partial charge in [-0.25, -0.2) is 0 Å². The average molecular weight is 403 g/mol. The average Bonchev–Trinajstić information content (AvgIpc) is 3.46. The molecular weight excluding hydrogens is 364 g/mol. The van der Waals surface area contributed by atoms with Crippen LogP contribution in [0.3, 0.4) is 0 Å². The first kappa shape index (κ1) is 20.3. The zero-order valence-corrected chi connectivity index (χ0v) is 19.5. The highest BCUT2D eigenvalue weighted by atomic mass is 15.1. The zero-order valence-electron chi connectivity index (χ0n) is 19.5. The van der Waals surface area contributed by atoms with E-state index >= 15 is 0 Å². The van der Waals surface area contributed by atoms with Crippen molar-refractivity contribution in [1.82, 2.24) is 10.2 Å². The second-order valence-electron chi connectivity index (χ2n) is 11.3. The molecule has 1 N–H and O–H groups in total. The van der Waals surface area contributed by atoms with Gasteiger partial charge in [0.25, 0.3) is 0 Å². The SMILES string of the molecule is CC(C)c1ccc2c(c1)CN(CC(C)c1ccc3c(c1)CNCC3(C)C)CC21CC1. The van der Waals surface area contributed by atoms with Crippen molar-refractivity contribution < 1.29 is 0 Å². The fourth-order valence-electron chi connectivity index (χ4n) is 5.96. The predicted molar refractivity (Wildman–Crippen MR) is 126 cm³/mol. The molecule has 3 aliphatic rings. The summed E-state index contributed by atoms with van der Waals surface area (Å²) < 4.78 is 0. The minimum Gasteiger partial charge on any atom is -0.312 e. The van der Waals surface area contributed by atoms with Crippen molar-refractivity contribution in [3.8, 4) is 0 Å². The van der Waals surface area contributed by atoms with E-state index in [2.05, 4.69) is 81.2 Å².